The van der Waals surface area contributed by atoms with Crippen LogP contribution in [0.4, 0.5) is 13.2 Å². The molecule has 2 heterocycles. The van der Waals surface area contributed by atoms with Gasteiger partial charge in [-0.1, -0.05) is 12.1 Å². The summed E-state index contributed by atoms with van der Waals surface area (Å²) in [7, 11) is -4.56. The first-order chi connectivity index (χ1) is 15.1. The predicted molar refractivity (Wildman–Crippen MR) is 105 cm³/mol. The van der Waals surface area contributed by atoms with Crippen molar-refractivity contribution in [3.05, 3.63) is 59.9 Å². The van der Waals surface area contributed by atoms with Gasteiger partial charge in [-0.25, -0.2) is 8.42 Å². The monoisotopic (exact) mass is 466 g/mol. The molecule has 1 saturated heterocycles. The number of hydrogen-bond acceptors (Lipinski definition) is 6. The number of nitrogens with one attached hydrogen (secondary N) is 1. The summed E-state index contributed by atoms with van der Waals surface area (Å²) in [5.74, 6) is -1.44. The Balaban J connectivity index is 1.99. The van der Waals surface area contributed by atoms with E-state index in [1.807, 2.05) is 0 Å². The number of likely N-dealkylation sites (tertiary alicyclic amines) is 1. The normalized spacial score (nSPS) is 18.8. The highest BCUT2D eigenvalue weighted by molar-refractivity contribution is 7.92. The SMILES string of the molecule is N#CCNC(=O)C1CC(S(=O)(=O)c2ccccc2C(F)(F)F)CN1C(=O)c1ccncc1. The maximum atomic E-state index is 13.4. The molecular weight excluding hydrogens is 449 g/mol. The van der Waals surface area contributed by atoms with Gasteiger partial charge in [-0.2, -0.15) is 18.4 Å². The van der Waals surface area contributed by atoms with Crippen LogP contribution in [0.15, 0.2) is 53.7 Å². The number of pyridine rings is 1. The summed E-state index contributed by atoms with van der Waals surface area (Å²) in [6.07, 6.45) is -2.65. The second-order valence-electron chi connectivity index (χ2n) is 6.98. The Kier molecular flexibility index (Phi) is 6.50. The zero-order valence-corrected chi connectivity index (χ0v) is 17.2. The summed E-state index contributed by atoms with van der Waals surface area (Å²) in [4.78, 5) is 29.4. The van der Waals surface area contributed by atoms with E-state index < -0.39 is 62.5 Å². The van der Waals surface area contributed by atoms with Gasteiger partial charge in [-0.3, -0.25) is 14.6 Å². The van der Waals surface area contributed by atoms with E-state index in [4.69, 9.17) is 5.26 Å². The molecule has 2 aromatic rings. The molecule has 0 bridgehead atoms. The number of sulfone groups is 1. The van der Waals surface area contributed by atoms with Crippen LogP contribution in [0.1, 0.15) is 22.3 Å². The van der Waals surface area contributed by atoms with Gasteiger partial charge in [-0.15, -0.1) is 0 Å². The molecule has 12 heteroatoms. The van der Waals surface area contributed by atoms with Gasteiger partial charge in [-0.05, 0) is 30.7 Å². The fourth-order valence-electron chi connectivity index (χ4n) is 3.53. The van der Waals surface area contributed by atoms with Crippen molar-refractivity contribution in [2.24, 2.45) is 0 Å². The topological polar surface area (TPSA) is 120 Å². The van der Waals surface area contributed by atoms with Gasteiger partial charge in [0.25, 0.3) is 5.91 Å². The van der Waals surface area contributed by atoms with Crippen LogP contribution >= 0.6 is 0 Å². The Morgan fingerprint density at radius 3 is 2.47 bits per heavy atom. The third-order valence-electron chi connectivity index (χ3n) is 5.03. The highest BCUT2D eigenvalue weighted by atomic mass is 32.2. The zero-order chi connectivity index (χ0) is 23.5. The van der Waals surface area contributed by atoms with Crippen molar-refractivity contribution in [3.8, 4) is 6.07 Å². The Morgan fingerprint density at radius 1 is 1.19 bits per heavy atom. The van der Waals surface area contributed by atoms with Gasteiger partial charge >= 0.3 is 6.18 Å². The van der Waals surface area contributed by atoms with E-state index in [2.05, 4.69) is 10.3 Å². The second-order valence-corrected chi connectivity index (χ2v) is 9.18. The first-order valence-corrected chi connectivity index (χ1v) is 10.9. The molecule has 32 heavy (non-hydrogen) atoms. The van der Waals surface area contributed by atoms with Crippen molar-refractivity contribution in [1.82, 2.24) is 15.2 Å². The van der Waals surface area contributed by atoms with Gasteiger partial charge in [0.05, 0.1) is 21.8 Å². The van der Waals surface area contributed by atoms with Crippen molar-refractivity contribution in [1.29, 1.82) is 5.26 Å². The van der Waals surface area contributed by atoms with Gasteiger partial charge in [0, 0.05) is 24.5 Å². The molecule has 2 amide bonds. The number of nitrogens with zero attached hydrogens (tertiary/aromatic N) is 3. The molecule has 168 valence electrons. The van der Waals surface area contributed by atoms with Crippen molar-refractivity contribution in [2.75, 3.05) is 13.1 Å². The maximum absolute atomic E-state index is 13.4. The van der Waals surface area contributed by atoms with Crippen LogP contribution in [0, 0.1) is 11.3 Å². The molecule has 0 saturated carbocycles. The van der Waals surface area contributed by atoms with Gasteiger partial charge < -0.3 is 10.2 Å². The summed E-state index contributed by atoms with van der Waals surface area (Å²) in [5, 5.41) is 9.52. The molecule has 1 aliphatic rings. The molecule has 2 unspecified atom stereocenters. The lowest BCUT2D eigenvalue weighted by Gasteiger charge is -2.23. The summed E-state index contributed by atoms with van der Waals surface area (Å²) in [6.45, 7) is -0.860. The van der Waals surface area contributed by atoms with Crippen LogP contribution in [0.25, 0.3) is 0 Å². The largest absolute Gasteiger partial charge is 0.417 e. The highest BCUT2D eigenvalue weighted by Gasteiger charge is 2.47. The number of rotatable bonds is 5. The fourth-order valence-corrected chi connectivity index (χ4v) is 5.44. The Bertz CT molecular complexity index is 1160. The predicted octanol–water partition coefficient (Wildman–Crippen LogP) is 1.80. The minimum atomic E-state index is -4.90. The van der Waals surface area contributed by atoms with E-state index in [1.54, 1.807) is 6.07 Å². The number of nitriles is 1. The molecule has 3 rings (SSSR count). The number of amides is 2. The highest BCUT2D eigenvalue weighted by Crippen LogP contribution is 2.37. The summed E-state index contributed by atoms with van der Waals surface area (Å²) in [6, 6.07) is 6.94. The maximum Gasteiger partial charge on any atom is 0.417 e. The van der Waals surface area contributed by atoms with Gasteiger partial charge in [0.15, 0.2) is 9.84 Å². The molecule has 1 aliphatic heterocycles. The number of alkyl halides is 3. The van der Waals surface area contributed by atoms with Gasteiger partial charge in [0.1, 0.15) is 12.6 Å². The van der Waals surface area contributed by atoms with E-state index in [0.717, 1.165) is 17.0 Å². The lowest BCUT2D eigenvalue weighted by Crippen LogP contribution is -2.46. The van der Waals surface area contributed by atoms with Crippen LogP contribution in [0.5, 0.6) is 0 Å². The molecule has 1 aromatic heterocycles. The van der Waals surface area contributed by atoms with E-state index in [-0.39, 0.29) is 12.1 Å². The molecule has 0 aliphatic carbocycles. The smallest absolute Gasteiger partial charge is 0.341 e. The van der Waals surface area contributed by atoms with Crippen LogP contribution < -0.4 is 5.32 Å². The van der Waals surface area contributed by atoms with Crippen LogP contribution in [0.3, 0.4) is 0 Å². The Labute approximate surface area is 181 Å². The average Bonchev–Trinajstić information content (AvgIpc) is 3.23. The van der Waals surface area contributed by atoms with Crippen molar-refractivity contribution in [2.45, 2.75) is 28.8 Å². The van der Waals surface area contributed by atoms with E-state index in [0.29, 0.717) is 6.07 Å². The quantitative estimate of drug-likeness (QED) is 0.671. The van der Waals surface area contributed by atoms with E-state index in [1.165, 1.54) is 30.6 Å². The van der Waals surface area contributed by atoms with Crippen molar-refractivity contribution >= 4 is 21.7 Å². The average molecular weight is 466 g/mol. The van der Waals surface area contributed by atoms with Crippen molar-refractivity contribution in [3.63, 3.8) is 0 Å². The van der Waals surface area contributed by atoms with Crippen LogP contribution in [-0.4, -0.2) is 54.5 Å². The third kappa shape index (κ3) is 4.57. The second kappa shape index (κ2) is 8.96. The number of halogens is 3. The molecule has 1 N–H and O–H groups in total. The molecular formula is C20H17F3N4O4S. The standard InChI is InChI=1S/C20H17F3N4O4S/c21-20(22,23)15-3-1-2-4-17(15)32(30,31)14-11-16(18(28)26-10-7-24)27(12-14)19(29)13-5-8-25-9-6-13/h1-6,8-9,14,16H,10-12H2,(H,26,28). The van der Waals surface area contributed by atoms with Crippen LogP contribution in [-0.2, 0) is 20.8 Å². The molecule has 1 fully saturated rings. The number of carbonyl (C=O) groups excluding carboxylic acids is 2. The minimum Gasteiger partial charge on any atom is -0.341 e. The van der Waals surface area contributed by atoms with Crippen LogP contribution in [0.2, 0.25) is 0 Å². The third-order valence-corrected chi connectivity index (χ3v) is 7.22. The molecule has 8 nitrogen and oxygen atoms in total. The first-order valence-electron chi connectivity index (χ1n) is 9.33. The molecule has 1 aromatic carbocycles. The molecule has 0 radical (unpaired) electrons. The summed E-state index contributed by atoms with van der Waals surface area (Å²) >= 11 is 0. The van der Waals surface area contributed by atoms with Gasteiger partial charge in [0.2, 0.25) is 5.91 Å². The summed E-state index contributed by atoms with van der Waals surface area (Å²) < 4.78 is 66.5. The summed E-state index contributed by atoms with van der Waals surface area (Å²) in [5.41, 5.74) is -1.18. The Hall–Kier alpha value is -3.46. The number of benzene rings is 1. The molecule has 0 spiro atoms. The fraction of sp³-hybridized carbons (Fsp3) is 0.300. The van der Waals surface area contributed by atoms with E-state index in [9.17, 15) is 31.2 Å². The number of carbonyl (C=O) groups is 2. The minimum absolute atomic E-state index is 0.131. The lowest BCUT2D eigenvalue weighted by atomic mass is 10.1. The lowest BCUT2D eigenvalue weighted by molar-refractivity contribution is -0.139. The first kappa shape index (κ1) is 23.2. The number of aromatic nitrogens is 1. The zero-order valence-electron chi connectivity index (χ0n) is 16.4. The Morgan fingerprint density at radius 2 is 1.84 bits per heavy atom. The van der Waals surface area contributed by atoms with Crippen molar-refractivity contribution < 1.29 is 31.2 Å². The van der Waals surface area contributed by atoms with E-state index >= 15 is 0 Å². The number of hydrogen-bond donors (Lipinski definition) is 1. The molecule has 2 atom stereocenters.